The number of aromatic nitrogens is 1. The Hall–Kier alpha value is -2.56. The van der Waals surface area contributed by atoms with Crippen LogP contribution in [-0.4, -0.2) is 48.9 Å². The number of aliphatic imine (C=N–C) groups is 1. The molecule has 0 saturated heterocycles. The molecule has 5 nitrogen and oxygen atoms in total. The van der Waals surface area contributed by atoms with Crippen LogP contribution in [0.25, 0.3) is 0 Å². The molecule has 1 aromatic heterocycles. The average Bonchev–Trinajstić information content (AvgIpc) is 2.54. The molecule has 0 amide bonds. The van der Waals surface area contributed by atoms with Gasteiger partial charge in [0.2, 0.25) is 0 Å². The van der Waals surface area contributed by atoms with E-state index in [1.807, 2.05) is 80.5 Å². The summed E-state index contributed by atoms with van der Waals surface area (Å²) < 4.78 is 5.73. The fraction of sp³-hybridized carbons (Fsp3) is 0.333. The van der Waals surface area contributed by atoms with Crippen LogP contribution in [0, 0.1) is 0 Å². The molecular formula is C18H24N4O. The van der Waals surface area contributed by atoms with Crippen molar-refractivity contribution in [3.8, 4) is 5.75 Å². The summed E-state index contributed by atoms with van der Waals surface area (Å²) in [5, 5.41) is 0. The predicted octanol–water partition coefficient (Wildman–Crippen LogP) is 2.64. The Morgan fingerprint density at radius 2 is 1.70 bits per heavy atom. The summed E-state index contributed by atoms with van der Waals surface area (Å²) in [6.45, 7) is 1.12. The van der Waals surface area contributed by atoms with Gasteiger partial charge in [-0.15, -0.1) is 0 Å². The number of pyridine rings is 1. The molecule has 0 atom stereocenters. The number of hydrogen-bond acceptors (Lipinski definition) is 3. The second-order valence-electron chi connectivity index (χ2n) is 5.66. The van der Waals surface area contributed by atoms with E-state index < -0.39 is 0 Å². The summed E-state index contributed by atoms with van der Waals surface area (Å²) in [5.74, 6) is 1.78. The summed E-state index contributed by atoms with van der Waals surface area (Å²) in [6.07, 6.45) is 1.77. The predicted molar refractivity (Wildman–Crippen MR) is 93.5 cm³/mol. The van der Waals surface area contributed by atoms with Crippen molar-refractivity contribution in [3.05, 3.63) is 59.9 Å². The summed E-state index contributed by atoms with van der Waals surface area (Å²) >= 11 is 0. The first-order valence-electron chi connectivity index (χ1n) is 7.57. The van der Waals surface area contributed by atoms with Crippen molar-refractivity contribution in [2.24, 2.45) is 4.99 Å². The minimum Gasteiger partial charge on any atom is -0.487 e. The maximum Gasteiger partial charge on any atom is 0.195 e. The largest absolute Gasteiger partial charge is 0.487 e. The molecule has 5 heteroatoms. The van der Waals surface area contributed by atoms with Crippen molar-refractivity contribution in [1.82, 2.24) is 14.8 Å². The monoisotopic (exact) mass is 312 g/mol. The normalized spacial score (nSPS) is 10.1. The molecule has 0 aliphatic carbocycles. The summed E-state index contributed by atoms with van der Waals surface area (Å²) in [7, 11) is 7.97. The van der Waals surface area contributed by atoms with Gasteiger partial charge in [0.05, 0.1) is 12.2 Å². The third-order valence-corrected chi connectivity index (χ3v) is 3.24. The molecule has 122 valence electrons. The molecule has 0 radical (unpaired) electrons. The zero-order valence-corrected chi connectivity index (χ0v) is 14.2. The van der Waals surface area contributed by atoms with Gasteiger partial charge in [-0.2, -0.15) is 0 Å². The zero-order chi connectivity index (χ0) is 16.7. The maximum atomic E-state index is 5.73. The highest BCUT2D eigenvalue weighted by atomic mass is 16.5. The minimum absolute atomic E-state index is 0.476. The topological polar surface area (TPSA) is 41.0 Å². The maximum absolute atomic E-state index is 5.73. The van der Waals surface area contributed by atoms with E-state index in [0.717, 1.165) is 23.0 Å². The number of nitrogens with zero attached hydrogens (tertiary/aromatic N) is 4. The summed E-state index contributed by atoms with van der Waals surface area (Å²) in [4.78, 5) is 12.9. The van der Waals surface area contributed by atoms with Crippen LogP contribution in [0.4, 0.5) is 0 Å². The Bertz CT molecular complexity index is 611. The molecular weight excluding hydrogens is 288 g/mol. The Morgan fingerprint density at radius 1 is 1.00 bits per heavy atom. The molecule has 2 aromatic rings. The number of hydrogen-bond donors (Lipinski definition) is 0. The second-order valence-corrected chi connectivity index (χ2v) is 5.66. The van der Waals surface area contributed by atoms with Gasteiger partial charge < -0.3 is 14.5 Å². The number of guanidine groups is 1. The lowest BCUT2D eigenvalue weighted by Crippen LogP contribution is -2.35. The van der Waals surface area contributed by atoms with Crippen LogP contribution in [-0.2, 0) is 13.2 Å². The number of benzene rings is 1. The van der Waals surface area contributed by atoms with Gasteiger partial charge in [0, 0.05) is 34.4 Å². The number of rotatable bonds is 5. The molecule has 0 N–H and O–H groups in total. The summed E-state index contributed by atoms with van der Waals surface area (Å²) in [5.41, 5.74) is 2.07. The van der Waals surface area contributed by atoms with Gasteiger partial charge in [-0.05, 0) is 29.8 Å². The van der Waals surface area contributed by atoms with E-state index in [4.69, 9.17) is 4.74 Å². The molecule has 0 unspecified atom stereocenters. The van der Waals surface area contributed by atoms with E-state index in [2.05, 4.69) is 9.98 Å². The highest BCUT2D eigenvalue weighted by molar-refractivity contribution is 5.79. The molecule has 1 heterocycles. The molecule has 1 aromatic carbocycles. The number of ether oxygens (including phenoxy) is 1. The molecule has 2 rings (SSSR count). The zero-order valence-electron chi connectivity index (χ0n) is 14.2. The van der Waals surface area contributed by atoms with E-state index in [1.165, 1.54) is 0 Å². The average molecular weight is 312 g/mol. The smallest absolute Gasteiger partial charge is 0.195 e. The molecule has 0 fully saturated rings. The standard InChI is InChI=1S/C18H24N4O/c1-21(2)18(22(3)4)20-13-15-8-10-17(11-9-15)23-14-16-7-5-6-12-19-16/h5-12H,13-14H2,1-4H3. The van der Waals surface area contributed by atoms with Gasteiger partial charge >= 0.3 is 0 Å². The van der Waals surface area contributed by atoms with E-state index in [0.29, 0.717) is 13.2 Å². The Morgan fingerprint density at radius 3 is 2.26 bits per heavy atom. The Kier molecular flexibility index (Phi) is 5.97. The van der Waals surface area contributed by atoms with Crippen molar-refractivity contribution in [2.45, 2.75) is 13.2 Å². The van der Waals surface area contributed by atoms with Crippen molar-refractivity contribution < 1.29 is 4.74 Å². The van der Waals surface area contributed by atoms with Crippen LogP contribution < -0.4 is 4.74 Å². The van der Waals surface area contributed by atoms with E-state index in [1.54, 1.807) is 6.20 Å². The highest BCUT2D eigenvalue weighted by Gasteiger charge is 2.04. The van der Waals surface area contributed by atoms with Gasteiger partial charge in [-0.1, -0.05) is 18.2 Å². The van der Waals surface area contributed by atoms with E-state index >= 15 is 0 Å². The lowest BCUT2D eigenvalue weighted by molar-refractivity contribution is 0.301. The molecule has 0 aliphatic heterocycles. The fourth-order valence-corrected chi connectivity index (χ4v) is 2.18. The molecule has 0 aliphatic rings. The molecule has 0 bridgehead atoms. The third kappa shape index (κ3) is 5.29. The van der Waals surface area contributed by atoms with Crippen molar-refractivity contribution in [3.63, 3.8) is 0 Å². The van der Waals surface area contributed by atoms with Crippen LogP contribution in [0.3, 0.4) is 0 Å². The summed E-state index contributed by atoms with van der Waals surface area (Å²) in [6, 6.07) is 13.8. The van der Waals surface area contributed by atoms with Crippen LogP contribution in [0.15, 0.2) is 53.7 Å². The van der Waals surface area contributed by atoms with Gasteiger partial charge in [0.15, 0.2) is 5.96 Å². The van der Waals surface area contributed by atoms with Crippen molar-refractivity contribution in [1.29, 1.82) is 0 Å². The van der Waals surface area contributed by atoms with Gasteiger partial charge in [-0.25, -0.2) is 4.99 Å². The van der Waals surface area contributed by atoms with Crippen LogP contribution in [0.2, 0.25) is 0 Å². The molecule has 0 spiro atoms. The van der Waals surface area contributed by atoms with E-state index in [-0.39, 0.29) is 0 Å². The lowest BCUT2D eigenvalue weighted by Gasteiger charge is -2.22. The van der Waals surface area contributed by atoms with Gasteiger partial charge in [0.1, 0.15) is 12.4 Å². The molecule has 23 heavy (non-hydrogen) atoms. The first-order chi connectivity index (χ1) is 11.1. The Labute approximate surface area is 138 Å². The van der Waals surface area contributed by atoms with Crippen molar-refractivity contribution >= 4 is 5.96 Å². The van der Waals surface area contributed by atoms with Crippen LogP contribution >= 0.6 is 0 Å². The van der Waals surface area contributed by atoms with Gasteiger partial charge in [0.25, 0.3) is 0 Å². The van der Waals surface area contributed by atoms with Crippen LogP contribution in [0.1, 0.15) is 11.3 Å². The SMILES string of the molecule is CN(C)C(=NCc1ccc(OCc2ccccn2)cc1)N(C)C. The fourth-order valence-electron chi connectivity index (χ4n) is 2.18. The minimum atomic E-state index is 0.476. The molecule has 0 saturated carbocycles. The lowest BCUT2D eigenvalue weighted by atomic mass is 10.2. The van der Waals surface area contributed by atoms with Gasteiger partial charge in [-0.3, -0.25) is 4.98 Å². The highest BCUT2D eigenvalue weighted by Crippen LogP contribution is 2.14. The third-order valence-electron chi connectivity index (χ3n) is 3.24. The first-order valence-corrected chi connectivity index (χ1v) is 7.57. The van der Waals surface area contributed by atoms with Crippen molar-refractivity contribution in [2.75, 3.05) is 28.2 Å². The second kappa shape index (κ2) is 8.17. The first kappa shape index (κ1) is 16.8. The van der Waals surface area contributed by atoms with Crippen LogP contribution in [0.5, 0.6) is 5.75 Å². The quantitative estimate of drug-likeness (QED) is 0.629. The Balaban J connectivity index is 1.93. The van der Waals surface area contributed by atoms with E-state index in [9.17, 15) is 0 Å².